The van der Waals surface area contributed by atoms with Gasteiger partial charge in [0.25, 0.3) is 0 Å². The molecule has 0 atom stereocenters. The molecule has 1 N–H and O–H groups in total. The normalized spacial score (nSPS) is 20.7. The Kier molecular flexibility index (Phi) is 4.07. The summed E-state index contributed by atoms with van der Waals surface area (Å²) in [5.74, 6) is 1.56. The maximum atomic E-state index is 6.07. The highest BCUT2D eigenvalue weighted by Gasteiger charge is 2.30. The fourth-order valence-electron chi connectivity index (χ4n) is 2.87. The second-order valence-electron chi connectivity index (χ2n) is 5.75. The van der Waals surface area contributed by atoms with Crippen molar-refractivity contribution in [2.75, 3.05) is 12.4 Å². The number of nitrogens with one attached hydrogen (secondary N) is 1. The molecular weight excluding hydrogens is 282 g/mol. The molecule has 1 fully saturated rings. The molecule has 3 heteroatoms. The first-order valence-corrected chi connectivity index (χ1v) is 7.70. The summed E-state index contributed by atoms with van der Waals surface area (Å²) in [7, 11) is 1.71. The van der Waals surface area contributed by atoms with Crippen molar-refractivity contribution in [1.82, 2.24) is 0 Å². The van der Waals surface area contributed by atoms with Gasteiger partial charge in [0.05, 0.1) is 7.11 Å². The number of benzene rings is 2. The third kappa shape index (κ3) is 3.16. The van der Waals surface area contributed by atoms with Gasteiger partial charge in [-0.25, -0.2) is 0 Å². The summed E-state index contributed by atoms with van der Waals surface area (Å²) >= 11 is 6.07. The minimum absolute atomic E-state index is 0.526. The van der Waals surface area contributed by atoms with Gasteiger partial charge in [-0.15, -0.1) is 0 Å². The molecule has 0 heterocycles. The van der Waals surface area contributed by atoms with E-state index in [1.807, 2.05) is 18.2 Å². The van der Waals surface area contributed by atoms with E-state index in [1.165, 1.54) is 11.1 Å². The van der Waals surface area contributed by atoms with Crippen molar-refractivity contribution in [3.63, 3.8) is 0 Å². The molecule has 2 nitrogen and oxygen atoms in total. The van der Waals surface area contributed by atoms with E-state index in [2.05, 4.69) is 36.5 Å². The first kappa shape index (κ1) is 14.3. The lowest BCUT2D eigenvalue weighted by Gasteiger charge is -2.37. The first-order chi connectivity index (χ1) is 10.2. The predicted molar refractivity (Wildman–Crippen MR) is 88.6 cm³/mol. The minimum Gasteiger partial charge on any atom is -0.497 e. The molecule has 110 valence electrons. The van der Waals surface area contributed by atoms with E-state index in [0.717, 1.165) is 29.3 Å². The minimum atomic E-state index is 0.526. The van der Waals surface area contributed by atoms with E-state index >= 15 is 0 Å². The second-order valence-corrected chi connectivity index (χ2v) is 6.18. The molecule has 1 saturated carbocycles. The van der Waals surface area contributed by atoms with Crippen LogP contribution >= 0.6 is 11.6 Å². The van der Waals surface area contributed by atoms with Crippen molar-refractivity contribution in [2.45, 2.75) is 31.7 Å². The van der Waals surface area contributed by atoms with Crippen LogP contribution in [0.25, 0.3) is 0 Å². The highest BCUT2D eigenvalue weighted by molar-refractivity contribution is 6.30. The number of hydrogen-bond acceptors (Lipinski definition) is 2. The number of ether oxygens (including phenoxy) is 1. The van der Waals surface area contributed by atoms with Gasteiger partial charge in [0, 0.05) is 16.8 Å². The summed E-state index contributed by atoms with van der Waals surface area (Å²) in [6.07, 6.45) is 2.30. The lowest BCUT2D eigenvalue weighted by Crippen LogP contribution is -2.34. The average molecular weight is 302 g/mol. The van der Waals surface area contributed by atoms with Crippen molar-refractivity contribution in [2.24, 2.45) is 0 Å². The number of hydrogen-bond donors (Lipinski definition) is 1. The van der Waals surface area contributed by atoms with Crippen LogP contribution in [0.2, 0.25) is 5.02 Å². The second kappa shape index (κ2) is 5.98. The SMILES string of the molecule is COc1cccc(C2CC(Nc3cc(Cl)ccc3C)C2)c1. The van der Waals surface area contributed by atoms with Gasteiger partial charge in [0.1, 0.15) is 5.75 Å². The largest absolute Gasteiger partial charge is 0.497 e. The summed E-state index contributed by atoms with van der Waals surface area (Å²) in [5, 5.41) is 4.38. The summed E-state index contributed by atoms with van der Waals surface area (Å²) in [4.78, 5) is 0. The topological polar surface area (TPSA) is 21.3 Å². The molecule has 0 bridgehead atoms. The molecule has 1 aliphatic rings. The molecule has 0 radical (unpaired) electrons. The third-order valence-corrected chi connectivity index (χ3v) is 4.50. The highest BCUT2D eigenvalue weighted by Crippen LogP contribution is 2.40. The van der Waals surface area contributed by atoms with Crippen LogP contribution < -0.4 is 10.1 Å². The van der Waals surface area contributed by atoms with Gasteiger partial charge in [-0.1, -0.05) is 29.8 Å². The number of halogens is 1. The Balaban J connectivity index is 1.61. The molecule has 2 aromatic rings. The molecule has 21 heavy (non-hydrogen) atoms. The fraction of sp³-hybridized carbons (Fsp3) is 0.333. The molecule has 0 spiro atoms. The molecule has 2 aromatic carbocycles. The van der Waals surface area contributed by atoms with Crippen molar-refractivity contribution in [3.8, 4) is 5.75 Å². The molecule has 1 aliphatic carbocycles. The van der Waals surface area contributed by atoms with Gasteiger partial charge < -0.3 is 10.1 Å². The van der Waals surface area contributed by atoms with E-state index in [9.17, 15) is 0 Å². The van der Waals surface area contributed by atoms with Crippen LogP contribution in [0, 0.1) is 6.92 Å². The monoisotopic (exact) mass is 301 g/mol. The zero-order chi connectivity index (χ0) is 14.8. The first-order valence-electron chi connectivity index (χ1n) is 7.32. The van der Waals surface area contributed by atoms with Gasteiger partial charge in [0.2, 0.25) is 0 Å². The Morgan fingerprint density at radius 3 is 2.71 bits per heavy atom. The van der Waals surface area contributed by atoms with Gasteiger partial charge in [0.15, 0.2) is 0 Å². The van der Waals surface area contributed by atoms with Crippen molar-refractivity contribution in [3.05, 3.63) is 58.6 Å². The van der Waals surface area contributed by atoms with Crippen molar-refractivity contribution < 1.29 is 4.74 Å². The average Bonchev–Trinajstić information content (AvgIpc) is 2.46. The number of aryl methyl sites for hydroxylation is 1. The maximum absolute atomic E-state index is 6.07. The molecule has 0 unspecified atom stereocenters. The summed E-state index contributed by atoms with van der Waals surface area (Å²) in [6.45, 7) is 2.11. The van der Waals surface area contributed by atoms with Gasteiger partial charge >= 0.3 is 0 Å². The summed E-state index contributed by atoms with van der Waals surface area (Å²) < 4.78 is 5.29. The van der Waals surface area contributed by atoms with Crippen LogP contribution in [-0.2, 0) is 0 Å². The molecule has 0 aliphatic heterocycles. The summed E-state index contributed by atoms with van der Waals surface area (Å²) in [6, 6.07) is 14.9. The smallest absolute Gasteiger partial charge is 0.119 e. The highest BCUT2D eigenvalue weighted by atomic mass is 35.5. The Morgan fingerprint density at radius 1 is 1.14 bits per heavy atom. The van der Waals surface area contributed by atoms with Crippen LogP contribution in [0.1, 0.15) is 29.9 Å². The predicted octanol–water partition coefficient (Wildman–Crippen LogP) is 5.02. The van der Waals surface area contributed by atoms with E-state index in [0.29, 0.717) is 12.0 Å². The number of anilines is 1. The van der Waals surface area contributed by atoms with Crippen molar-refractivity contribution in [1.29, 1.82) is 0 Å². The lowest BCUT2D eigenvalue weighted by atomic mass is 9.75. The van der Waals surface area contributed by atoms with E-state index in [-0.39, 0.29) is 0 Å². The Hall–Kier alpha value is -1.67. The zero-order valence-corrected chi connectivity index (χ0v) is 13.2. The maximum Gasteiger partial charge on any atom is 0.119 e. The van der Waals surface area contributed by atoms with Crippen LogP contribution in [0.4, 0.5) is 5.69 Å². The van der Waals surface area contributed by atoms with Crippen LogP contribution in [0.3, 0.4) is 0 Å². The zero-order valence-electron chi connectivity index (χ0n) is 12.4. The van der Waals surface area contributed by atoms with Gasteiger partial charge in [-0.3, -0.25) is 0 Å². The quantitative estimate of drug-likeness (QED) is 0.856. The van der Waals surface area contributed by atoms with Crippen molar-refractivity contribution >= 4 is 17.3 Å². The molecule has 3 rings (SSSR count). The molecular formula is C18H20ClNO. The van der Waals surface area contributed by atoms with E-state index in [4.69, 9.17) is 16.3 Å². The Labute approximate surface area is 131 Å². The van der Waals surface area contributed by atoms with E-state index in [1.54, 1.807) is 7.11 Å². The van der Waals surface area contributed by atoms with Crippen LogP contribution in [-0.4, -0.2) is 13.2 Å². The lowest BCUT2D eigenvalue weighted by molar-refractivity contribution is 0.370. The van der Waals surface area contributed by atoms with Crippen LogP contribution in [0.15, 0.2) is 42.5 Å². The third-order valence-electron chi connectivity index (χ3n) is 4.26. The number of rotatable bonds is 4. The molecule has 0 aromatic heterocycles. The Bertz CT molecular complexity index is 635. The fourth-order valence-corrected chi connectivity index (χ4v) is 3.05. The standard InChI is InChI=1S/C18H20ClNO/c1-12-6-7-15(19)11-18(12)20-16-8-14(9-16)13-4-3-5-17(10-13)21-2/h3-7,10-11,14,16,20H,8-9H2,1-2H3. The van der Waals surface area contributed by atoms with Gasteiger partial charge in [-0.2, -0.15) is 0 Å². The van der Waals surface area contributed by atoms with Crippen LogP contribution in [0.5, 0.6) is 5.75 Å². The molecule has 0 amide bonds. The van der Waals surface area contributed by atoms with Gasteiger partial charge in [-0.05, 0) is 61.1 Å². The van der Waals surface area contributed by atoms with E-state index < -0.39 is 0 Å². The number of methoxy groups -OCH3 is 1. The molecule has 0 saturated heterocycles. The Morgan fingerprint density at radius 2 is 1.95 bits per heavy atom. The summed E-state index contributed by atoms with van der Waals surface area (Å²) in [5.41, 5.74) is 3.76.